The maximum Gasteiger partial charge on any atom is 0.490 e. The number of phosphoric ester groups is 2. The Morgan fingerprint density at radius 3 is 2.34 bits per heavy atom. The molecule has 1 fully saturated rings. The number of unbranched alkanes of at least 4 members (excludes halogenated alkanes) is 4. The van der Waals surface area contributed by atoms with E-state index in [9.17, 15) is 38.6 Å². The van der Waals surface area contributed by atoms with Gasteiger partial charge >= 0.3 is 23.5 Å². The molecule has 3 rings (SSSR count). The first-order valence-electron chi connectivity index (χ1n) is 12.9. The first kappa shape index (κ1) is 34.1. The molecule has 2 aromatic rings. The molecule has 0 radical (unpaired) electrons. The van der Waals surface area contributed by atoms with Crippen molar-refractivity contribution in [1.29, 1.82) is 0 Å². The summed E-state index contributed by atoms with van der Waals surface area (Å²) in [5.74, 6) is 0.0566. The van der Waals surface area contributed by atoms with Crippen molar-refractivity contribution in [3.05, 3.63) is 12.7 Å². The Morgan fingerprint density at radius 2 is 1.66 bits per heavy atom. The zero-order valence-corrected chi connectivity index (χ0v) is 25.1. The van der Waals surface area contributed by atoms with Gasteiger partial charge in [0.15, 0.2) is 17.7 Å². The smallest absolute Gasteiger partial charge is 0.387 e. The van der Waals surface area contributed by atoms with Gasteiger partial charge in [0.05, 0.1) is 19.0 Å². The number of rotatable bonds is 17. The minimum absolute atomic E-state index is 0.0566. The molecule has 18 nitrogen and oxygen atoms in total. The van der Waals surface area contributed by atoms with Crippen LogP contribution >= 0.6 is 23.5 Å². The van der Waals surface area contributed by atoms with E-state index < -0.39 is 60.7 Å². The summed E-state index contributed by atoms with van der Waals surface area (Å²) in [4.78, 5) is 41.6. The topological polar surface area (TPSA) is 268 Å². The molecule has 4 unspecified atom stereocenters. The number of aliphatic hydroxyl groups excluding tert-OH is 2. The van der Waals surface area contributed by atoms with Crippen molar-refractivity contribution in [3.8, 4) is 0 Å². The van der Waals surface area contributed by atoms with Crippen LogP contribution in [0.3, 0.4) is 0 Å². The molecular weight excluding hydrogens is 611 g/mol. The van der Waals surface area contributed by atoms with Crippen LogP contribution in [0, 0.1) is 0 Å². The Morgan fingerprint density at radius 1 is 0.976 bits per heavy atom. The molecule has 21 heteroatoms. The van der Waals surface area contributed by atoms with Crippen LogP contribution in [0.5, 0.6) is 0 Å². The predicted octanol–water partition coefficient (Wildman–Crippen LogP) is 2.53. The number of anilines is 1. The van der Waals surface area contributed by atoms with E-state index in [2.05, 4.69) is 35.0 Å². The Kier molecular flexibility index (Phi) is 12.0. The van der Waals surface area contributed by atoms with Gasteiger partial charge in [0.2, 0.25) is 0 Å². The van der Waals surface area contributed by atoms with E-state index in [0.717, 1.165) is 32.0 Å². The number of nitrogen functional groups attached to an aromatic ring is 1. The SMILES string of the molecule is CCCCCCCC(CC)OP(=O)(O)OP(=O)(O)OP(=O)(O)OC[C@H]1O[C@@H](n2cnc3c(N)ncnc32)[C@H](O)[C@@H]1O. The van der Waals surface area contributed by atoms with E-state index in [1.54, 1.807) is 6.92 Å². The van der Waals surface area contributed by atoms with E-state index >= 15 is 0 Å². The van der Waals surface area contributed by atoms with E-state index in [-0.39, 0.29) is 17.0 Å². The third-order valence-corrected chi connectivity index (χ3v) is 10.5. The van der Waals surface area contributed by atoms with Crippen molar-refractivity contribution >= 4 is 40.4 Å². The third-order valence-electron chi connectivity index (χ3n) is 6.18. The molecule has 1 aliphatic heterocycles. The van der Waals surface area contributed by atoms with Gasteiger partial charge in [0, 0.05) is 0 Å². The number of hydrogen-bond donors (Lipinski definition) is 6. The van der Waals surface area contributed by atoms with Crippen molar-refractivity contribution in [2.45, 2.75) is 89.4 Å². The number of fused-ring (bicyclic) bond motifs is 1. The molecule has 41 heavy (non-hydrogen) atoms. The van der Waals surface area contributed by atoms with Crippen LogP contribution in [0.25, 0.3) is 11.2 Å². The van der Waals surface area contributed by atoms with Gasteiger partial charge in [-0.1, -0.05) is 46.0 Å². The van der Waals surface area contributed by atoms with Gasteiger partial charge in [-0.2, -0.15) is 8.62 Å². The molecule has 1 aliphatic rings. The van der Waals surface area contributed by atoms with Crippen molar-refractivity contribution in [1.82, 2.24) is 19.5 Å². The van der Waals surface area contributed by atoms with Gasteiger partial charge in [-0.05, 0) is 12.8 Å². The molecule has 2 aromatic heterocycles. The molecule has 0 spiro atoms. The first-order chi connectivity index (χ1) is 19.2. The summed E-state index contributed by atoms with van der Waals surface area (Å²) in [6.07, 6.45) is 0.959. The highest BCUT2D eigenvalue weighted by atomic mass is 31.3. The van der Waals surface area contributed by atoms with E-state index in [0.29, 0.717) is 19.3 Å². The standard InChI is InChI=1S/C20H36N5O13P3/c1-3-5-6-7-8-9-13(4-2)36-40(30,31)38-41(32,33)37-39(28,29)34-10-14-16(26)17(27)20(35-14)25-12-24-15-18(21)22-11-23-19(15)25/h11-14,16-17,20,26-27H,3-10H2,1-2H3,(H,28,29)(H,30,31)(H,32,33)(H2,21,22,23)/t13?,14-,16-,17-,20-/m1/s1. The maximum absolute atomic E-state index is 12.3. The fourth-order valence-electron chi connectivity index (χ4n) is 4.13. The molecule has 1 saturated heterocycles. The summed E-state index contributed by atoms with van der Waals surface area (Å²) in [5.41, 5.74) is 6.11. The maximum atomic E-state index is 12.3. The van der Waals surface area contributed by atoms with Gasteiger partial charge in [-0.25, -0.2) is 28.6 Å². The highest BCUT2D eigenvalue weighted by molar-refractivity contribution is 7.66. The molecule has 8 atom stereocenters. The number of hydrogen-bond acceptors (Lipinski definition) is 14. The van der Waals surface area contributed by atoms with Crippen molar-refractivity contribution < 1.29 is 61.0 Å². The van der Waals surface area contributed by atoms with Crippen molar-refractivity contribution in [2.75, 3.05) is 12.3 Å². The fourth-order valence-corrected chi connectivity index (χ4v) is 7.92. The highest BCUT2D eigenvalue weighted by Gasteiger charge is 2.47. The monoisotopic (exact) mass is 647 g/mol. The summed E-state index contributed by atoms with van der Waals surface area (Å²) >= 11 is 0. The minimum Gasteiger partial charge on any atom is -0.387 e. The molecule has 0 aromatic carbocycles. The fraction of sp³-hybridized carbons (Fsp3) is 0.750. The molecule has 7 N–H and O–H groups in total. The average molecular weight is 647 g/mol. The number of ether oxygens (including phenoxy) is 1. The molecule has 0 saturated carbocycles. The van der Waals surface area contributed by atoms with E-state index in [1.165, 1.54) is 10.9 Å². The third kappa shape index (κ3) is 9.57. The van der Waals surface area contributed by atoms with E-state index in [1.807, 2.05) is 0 Å². The summed E-state index contributed by atoms with van der Waals surface area (Å²) < 4.78 is 61.6. The Labute approximate surface area is 235 Å². The van der Waals surface area contributed by atoms with Crippen molar-refractivity contribution in [3.63, 3.8) is 0 Å². The first-order valence-corrected chi connectivity index (χ1v) is 17.4. The normalized spacial score (nSPS) is 26.4. The molecule has 0 amide bonds. The van der Waals surface area contributed by atoms with Gasteiger partial charge in [0.25, 0.3) is 0 Å². The second-order valence-electron chi connectivity index (χ2n) is 9.33. The summed E-state index contributed by atoms with van der Waals surface area (Å²) in [7, 11) is -16.3. The van der Waals surface area contributed by atoms with Crippen LogP contribution in [-0.2, 0) is 36.1 Å². The minimum atomic E-state index is -5.68. The molecule has 3 heterocycles. The molecule has 0 bridgehead atoms. The van der Waals surface area contributed by atoms with Crippen LogP contribution in [-0.4, -0.2) is 75.4 Å². The Bertz CT molecular complexity index is 1300. The predicted molar refractivity (Wildman–Crippen MR) is 142 cm³/mol. The number of phosphoric acid groups is 3. The van der Waals surface area contributed by atoms with Gasteiger partial charge < -0.3 is 35.4 Å². The van der Waals surface area contributed by atoms with Crippen LogP contribution in [0.15, 0.2) is 12.7 Å². The zero-order chi connectivity index (χ0) is 30.4. The van der Waals surface area contributed by atoms with Crippen molar-refractivity contribution in [2.24, 2.45) is 0 Å². The van der Waals surface area contributed by atoms with Crippen LogP contribution in [0.2, 0.25) is 0 Å². The lowest BCUT2D eigenvalue weighted by atomic mass is 10.1. The average Bonchev–Trinajstić information content (AvgIpc) is 3.42. The lowest BCUT2D eigenvalue weighted by molar-refractivity contribution is -0.0503. The van der Waals surface area contributed by atoms with Crippen LogP contribution in [0.4, 0.5) is 5.82 Å². The quantitative estimate of drug-likeness (QED) is 0.106. The van der Waals surface area contributed by atoms with E-state index in [4.69, 9.17) is 15.0 Å². The van der Waals surface area contributed by atoms with Crippen LogP contribution in [0.1, 0.15) is 65.0 Å². The highest BCUT2D eigenvalue weighted by Crippen LogP contribution is 2.68. The number of aromatic nitrogens is 4. The van der Waals surface area contributed by atoms with Crippen LogP contribution < -0.4 is 5.73 Å². The largest absolute Gasteiger partial charge is 0.490 e. The second-order valence-corrected chi connectivity index (χ2v) is 13.9. The number of nitrogens with two attached hydrogens (primary N) is 1. The lowest BCUT2D eigenvalue weighted by Crippen LogP contribution is -2.33. The Balaban J connectivity index is 1.55. The molecule has 0 aliphatic carbocycles. The van der Waals surface area contributed by atoms with Gasteiger partial charge in [-0.3, -0.25) is 13.6 Å². The molecular formula is C20H36N5O13P3. The second kappa shape index (κ2) is 14.4. The lowest BCUT2D eigenvalue weighted by Gasteiger charge is -2.22. The summed E-state index contributed by atoms with van der Waals surface area (Å²) in [6.45, 7) is 2.82. The van der Waals surface area contributed by atoms with Gasteiger partial charge in [-0.15, -0.1) is 0 Å². The Hall–Kier alpha value is -1.36. The summed E-state index contributed by atoms with van der Waals surface area (Å²) in [6, 6.07) is 0. The zero-order valence-electron chi connectivity index (χ0n) is 22.4. The number of nitrogens with zero attached hydrogens (tertiary/aromatic N) is 4. The number of imidazole rings is 1. The summed E-state index contributed by atoms with van der Waals surface area (Å²) in [5, 5.41) is 20.8. The van der Waals surface area contributed by atoms with Gasteiger partial charge in [0.1, 0.15) is 30.2 Å². The molecule has 234 valence electrons. The number of aliphatic hydroxyl groups is 2.